The number of hydrogen-bond acceptors (Lipinski definition) is 2. The Morgan fingerprint density at radius 1 is 1.54 bits per heavy atom. The second-order valence-corrected chi connectivity index (χ2v) is 4.32. The third-order valence-corrected chi connectivity index (χ3v) is 1.64. The number of urea groups is 1. The van der Waals surface area contributed by atoms with Crippen LogP contribution >= 0.6 is 0 Å². The van der Waals surface area contributed by atoms with Crippen LogP contribution < -0.4 is 5.32 Å². The smallest absolute Gasteiger partial charge is 0.336 e. The maximum absolute atomic E-state index is 11.2. The average molecular weight is 183 g/mol. The Morgan fingerprint density at radius 3 is 2.77 bits per heavy atom. The number of rotatable bonds is 1. The van der Waals surface area contributed by atoms with Crippen molar-refractivity contribution in [3.05, 3.63) is 0 Å². The van der Waals surface area contributed by atoms with E-state index in [1.165, 1.54) is 5.01 Å². The predicted molar refractivity (Wildman–Crippen MR) is 52.7 cm³/mol. The normalized spacial score (nSPS) is 19.3. The Kier molecular flexibility index (Phi) is 2.90. The van der Waals surface area contributed by atoms with E-state index < -0.39 is 0 Å². The highest BCUT2D eigenvalue weighted by atomic mass is 16.2. The lowest BCUT2D eigenvalue weighted by atomic mass is 9.99. The average Bonchev–Trinajstić information content (AvgIpc) is 2.01. The van der Waals surface area contributed by atoms with Gasteiger partial charge in [0.2, 0.25) is 0 Å². The largest absolute Gasteiger partial charge is 0.337 e. The molecule has 0 bridgehead atoms. The summed E-state index contributed by atoms with van der Waals surface area (Å²) < 4.78 is 0. The Balaban J connectivity index is 2.52. The van der Waals surface area contributed by atoms with E-state index in [1.807, 2.05) is 0 Å². The first-order chi connectivity index (χ1) is 5.99. The van der Waals surface area contributed by atoms with Gasteiger partial charge in [0.05, 0.1) is 0 Å². The third kappa shape index (κ3) is 3.44. The summed E-state index contributed by atoms with van der Waals surface area (Å²) in [7, 11) is 0. The summed E-state index contributed by atoms with van der Waals surface area (Å²) in [4.78, 5) is 11.2. The molecule has 1 fully saturated rings. The van der Waals surface area contributed by atoms with Crippen molar-refractivity contribution in [2.45, 2.75) is 27.2 Å². The van der Waals surface area contributed by atoms with Crippen LogP contribution in [0.4, 0.5) is 4.79 Å². The molecule has 13 heavy (non-hydrogen) atoms. The highest BCUT2D eigenvalue weighted by Gasteiger charge is 2.16. The van der Waals surface area contributed by atoms with Crippen molar-refractivity contribution in [3.8, 4) is 0 Å². The van der Waals surface area contributed by atoms with E-state index in [1.54, 1.807) is 6.21 Å². The number of nitrogens with zero attached hydrogens (tertiary/aromatic N) is 2. The lowest BCUT2D eigenvalue weighted by Gasteiger charge is -2.23. The van der Waals surface area contributed by atoms with Gasteiger partial charge in [-0.25, -0.2) is 9.80 Å². The van der Waals surface area contributed by atoms with E-state index in [2.05, 4.69) is 31.2 Å². The number of hydrogen-bond donors (Lipinski definition) is 1. The fraction of sp³-hybridized carbons (Fsp3) is 0.778. The van der Waals surface area contributed by atoms with E-state index in [0.717, 1.165) is 19.5 Å². The van der Waals surface area contributed by atoms with Crippen LogP contribution in [-0.4, -0.2) is 30.3 Å². The van der Waals surface area contributed by atoms with Gasteiger partial charge in [0.1, 0.15) is 0 Å². The van der Waals surface area contributed by atoms with Crippen LogP contribution in [-0.2, 0) is 0 Å². The molecule has 0 spiro atoms. The molecule has 4 heteroatoms. The van der Waals surface area contributed by atoms with E-state index in [4.69, 9.17) is 0 Å². The second kappa shape index (κ2) is 3.77. The fourth-order valence-corrected chi connectivity index (χ4v) is 0.970. The molecular formula is C9H17N3O. The van der Waals surface area contributed by atoms with E-state index >= 15 is 0 Å². The molecule has 4 nitrogen and oxygen atoms in total. The molecule has 74 valence electrons. The van der Waals surface area contributed by atoms with Crippen molar-refractivity contribution >= 4 is 12.2 Å². The predicted octanol–water partition coefficient (Wildman–Crippen LogP) is 1.43. The zero-order chi connectivity index (χ0) is 9.90. The summed E-state index contributed by atoms with van der Waals surface area (Å²) in [6.07, 6.45) is 2.77. The number of hydrazone groups is 1. The van der Waals surface area contributed by atoms with Crippen LogP contribution in [0.2, 0.25) is 0 Å². The quantitative estimate of drug-likeness (QED) is 0.614. The molecule has 1 aliphatic rings. The van der Waals surface area contributed by atoms with Crippen molar-refractivity contribution < 1.29 is 4.79 Å². The minimum absolute atomic E-state index is 0.0255. The summed E-state index contributed by atoms with van der Waals surface area (Å²) in [6, 6.07) is -0.0910. The topological polar surface area (TPSA) is 44.7 Å². The Labute approximate surface area is 79.0 Å². The number of nitrogens with one attached hydrogen (secondary N) is 1. The highest BCUT2D eigenvalue weighted by molar-refractivity contribution is 5.76. The van der Waals surface area contributed by atoms with Gasteiger partial charge in [-0.15, -0.1) is 0 Å². The van der Waals surface area contributed by atoms with E-state index in [9.17, 15) is 4.79 Å². The molecule has 0 aromatic heterocycles. The van der Waals surface area contributed by atoms with Gasteiger partial charge in [-0.3, -0.25) is 0 Å². The fourth-order valence-electron chi connectivity index (χ4n) is 0.970. The molecule has 1 heterocycles. The Hall–Kier alpha value is -1.06. The first kappa shape index (κ1) is 10.0. The summed E-state index contributed by atoms with van der Waals surface area (Å²) in [6.45, 7) is 7.65. The van der Waals surface area contributed by atoms with Gasteiger partial charge in [0, 0.05) is 19.3 Å². The first-order valence-corrected chi connectivity index (χ1v) is 4.59. The van der Waals surface area contributed by atoms with Gasteiger partial charge in [-0.1, -0.05) is 20.8 Å². The standard InChI is InChI=1S/C9H17N3O/c1-9(2,3)7-11-12-6-4-5-10-8(12)13/h7H,4-6H2,1-3H3,(H,10,13)/b11-7+. The maximum Gasteiger partial charge on any atom is 0.337 e. The molecule has 0 radical (unpaired) electrons. The van der Waals surface area contributed by atoms with Crippen molar-refractivity contribution in [1.82, 2.24) is 10.3 Å². The van der Waals surface area contributed by atoms with Crippen LogP contribution in [0.25, 0.3) is 0 Å². The summed E-state index contributed by atoms with van der Waals surface area (Å²) in [5.41, 5.74) is 0.0255. The minimum Gasteiger partial charge on any atom is -0.336 e. The van der Waals surface area contributed by atoms with Crippen LogP contribution in [0.1, 0.15) is 27.2 Å². The third-order valence-electron chi connectivity index (χ3n) is 1.64. The highest BCUT2D eigenvalue weighted by Crippen LogP contribution is 2.09. The second-order valence-electron chi connectivity index (χ2n) is 4.32. The monoisotopic (exact) mass is 183 g/mol. The molecule has 0 aliphatic carbocycles. The van der Waals surface area contributed by atoms with Gasteiger partial charge in [0.25, 0.3) is 0 Å². The zero-order valence-corrected chi connectivity index (χ0v) is 8.50. The van der Waals surface area contributed by atoms with Crippen molar-refractivity contribution in [2.24, 2.45) is 10.5 Å². The Morgan fingerprint density at radius 2 is 2.23 bits per heavy atom. The van der Waals surface area contributed by atoms with Gasteiger partial charge >= 0.3 is 6.03 Å². The summed E-state index contributed by atoms with van der Waals surface area (Å²) >= 11 is 0. The Bertz CT molecular complexity index is 217. The molecule has 0 aromatic carbocycles. The number of carbonyl (C=O) groups excluding carboxylic acids is 1. The molecule has 0 unspecified atom stereocenters. The SMILES string of the molecule is CC(C)(C)/C=N/N1CCCNC1=O. The molecule has 1 N–H and O–H groups in total. The zero-order valence-electron chi connectivity index (χ0n) is 8.50. The lowest BCUT2D eigenvalue weighted by molar-refractivity contribution is 0.188. The van der Waals surface area contributed by atoms with Crippen molar-refractivity contribution in [1.29, 1.82) is 0 Å². The molecular weight excluding hydrogens is 166 g/mol. The molecule has 1 aliphatic heterocycles. The first-order valence-electron chi connectivity index (χ1n) is 4.59. The molecule has 1 rings (SSSR count). The van der Waals surface area contributed by atoms with E-state index in [0.29, 0.717) is 0 Å². The lowest BCUT2D eigenvalue weighted by Crippen LogP contribution is -2.43. The molecule has 0 aromatic rings. The maximum atomic E-state index is 11.2. The van der Waals surface area contributed by atoms with Gasteiger partial charge in [-0.05, 0) is 11.8 Å². The van der Waals surface area contributed by atoms with Crippen LogP contribution in [0.5, 0.6) is 0 Å². The number of carbonyl (C=O) groups is 1. The van der Waals surface area contributed by atoms with Crippen LogP contribution in [0.15, 0.2) is 5.10 Å². The van der Waals surface area contributed by atoms with E-state index in [-0.39, 0.29) is 11.4 Å². The van der Waals surface area contributed by atoms with Gasteiger partial charge < -0.3 is 5.32 Å². The van der Waals surface area contributed by atoms with Gasteiger partial charge in [-0.2, -0.15) is 5.10 Å². The summed E-state index contributed by atoms with van der Waals surface area (Å²) in [5, 5.41) is 8.35. The molecule has 0 saturated carbocycles. The van der Waals surface area contributed by atoms with Crippen molar-refractivity contribution in [3.63, 3.8) is 0 Å². The summed E-state index contributed by atoms with van der Waals surface area (Å²) in [5.74, 6) is 0. The molecule has 1 saturated heterocycles. The van der Waals surface area contributed by atoms with Crippen LogP contribution in [0, 0.1) is 5.41 Å². The van der Waals surface area contributed by atoms with Crippen LogP contribution in [0.3, 0.4) is 0 Å². The number of amides is 2. The van der Waals surface area contributed by atoms with Gasteiger partial charge in [0.15, 0.2) is 0 Å². The molecule has 2 amide bonds. The molecule has 0 atom stereocenters. The van der Waals surface area contributed by atoms with Crippen molar-refractivity contribution in [2.75, 3.05) is 13.1 Å². The minimum atomic E-state index is -0.0910.